The van der Waals surface area contributed by atoms with E-state index in [-0.39, 0.29) is 0 Å². The Bertz CT molecular complexity index is 820. The van der Waals surface area contributed by atoms with Crippen molar-refractivity contribution >= 4 is 38.0 Å². The highest BCUT2D eigenvalue weighted by Gasteiger charge is 2.11. The van der Waals surface area contributed by atoms with Gasteiger partial charge < -0.3 is 10.8 Å². The summed E-state index contributed by atoms with van der Waals surface area (Å²) >= 11 is 0. The summed E-state index contributed by atoms with van der Waals surface area (Å²) in [4.78, 5) is 0. The minimum absolute atomic E-state index is 0.319. The van der Waals surface area contributed by atoms with Gasteiger partial charge in [0.25, 0.3) is 0 Å². The lowest BCUT2D eigenvalue weighted by atomic mass is 9.93. The summed E-state index contributed by atoms with van der Waals surface area (Å²) < 4.78 is 0. The molecule has 4 rings (SSSR count). The van der Waals surface area contributed by atoms with Crippen molar-refractivity contribution in [1.29, 1.82) is 0 Å². The number of rotatable bonds is 0. The molecule has 18 heavy (non-hydrogen) atoms. The number of hydrogen-bond donors (Lipinski definition) is 2. The number of benzene rings is 4. The Labute approximate surface area is 104 Å². The van der Waals surface area contributed by atoms with E-state index in [1.165, 1.54) is 0 Å². The number of hydrogen-bond acceptors (Lipinski definition) is 2. The van der Waals surface area contributed by atoms with Gasteiger partial charge in [-0.1, -0.05) is 36.4 Å². The summed E-state index contributed by atoms with van der Waals surface area (Å²) in [6, 6.07) is 15.8. The van der Waals surface area contributed by atoms with Crippen molar-refractivity contribution in [3.05, 3.63) is 48.5 Å². The smallest absolute Gasteiger partial charge is 0.123 e. The van der Waals surface area contributed by atoms with E-state index < -0.39 is 0 Å². The van der Waals surface area contributed by atoms with Gasteiger partial charge in [-0.25, -0.2) is 0 Å². The lowest BCUT2D eigenvalue weighted by Gasteiger charge is -2.12. The summed E-state index contributed by atoms with van der Waals surface area (Å²) in [5.41, 5.74) is 6.82. The molecule has 0 radical (unpaired) electrons. The van der Waals surface area contributed by atoms with E-state index in [2.05, 4.69) is 12.1 Å². The largest absolute Gasteiger partial charge is 0.507 e. The van der Waals surface area contributed by atoms with Crippen LogP contribution in [0.3, 0.4) is 0 Å². The number of nitrogens with two attached hydrogens (primary N) is 1. The van der Waals surface area contributed by atoms with Crippen LogP contribution in [0, 0.1) is 0 Å². The molecule has 0 spiro atoms. The number of phenolic OH excluding ortho intramolecular Hbond substituents is 1. The van der Waals surface area contributed by atoms with Gasteiger partial charge in [0, 0.05) is 21.8 Å². The highest BCUT2D eigenvalue weighted by Crippen LogP contribution is 2.39. The second-order valence-electron chi connectivity index (χ2n) is 4.66. The Balaban J connectivity index is 2.47. The Kier molecular flexibility index (Phi) is 1.61. The number of phenols is 1. The van der Waals surface area contributed by atoms with E-state index >= 15 is 0 Å². The van der Waals surface area contributed by atoms with Crippen LogP contribution in [-0.2, 0) is 0 Å². The Morgan fingerprint density at radius 1 is 0.667 bits per heavy atom. The van der Waals surface area contributed by atoms with E-state index in [0.717, 1.165) is 38.0 Å². The van der Waals surface area contributed by atoms with Crippen LogP contribution in [0.5, 0.6) is 5.75 Å². The van der Waals surface area contributed by atoms with Crippen LogP contribution in [0.15, 0.2) is 48.5 Å². The van der Waals surface area contributed by atoms with Gasteiger partial charge in [0.15, 0.2) is 0 Å². The van der Waals surface area contributed by atoms with Crippen LogP contribution >= 0.6 is 0 Å². The molecule has 0 aliphatic carbocycles. The van der Waals surface area contributed by atoms with Crippen LogP contribution in [0.1, 0.15) is 0 Å². The average molecular weight is 233 g/mol. The highest BCUT2D eigenvalue weighted by molar-refractivity contribution is 6.25. The second-order valence-corrected chi connectivity index (χ2v) is 4.66. The first-order valence-electron chi connectivity index (χ1n) is 5.91. The fourth-order valence-corrected chi connectivity index (χ4v) is 2.81. The molecule has 2 nitrogen and oxygen atoms in total. The molecule has 3 N–H and O–H groups in total. The maximum Gasteiger partial charge on any atom is 0.123 e. The molecule has 0 amide bonds. The lowest BCUT2D eigenvalue weighted by molar-refractivity contribution is 0.482. The van der Waals surface area contributed by atoms with Gasteiger partial charge in [-0.05, 0) is 28.3 Å². The topological polar surface area (TPSA) is 46.2 Å². The first-order valence-corrected chi connectivity index (χ1v) is 5.91. The Morgan fingerprint density at radius 3 is 2.00 bits per heavy atom. The third-order valence-electron chi connectivity index (χ3n) is 3.68. The first kappa shape index (κ1) is 9.54. The molecule has 4 aromatic rings. The molecular weight excluding hydrogens is 222 g/mol. The zero-order valence-electron chi connectivity index (χ0n) is 9.64. The van der Waals surface area contributed by atoms with E-state index in [9.17, 15) is 5.11 Å². The van der Waals surface area contributed by atoms with Crippen molar-refractivity contribution in [3.63, 3.8) is 0 Å². The number of nitrogen functional groups attached to an aromatic ring is 1. The van der Waals surface area contributed by atoms with Crippen molar-refractivity contribution < 1.29 is 5.11 Å². The van der Waals surface area contributed by atoms with Crippen LogP contribution in [0.4, 0.5) is 5.69 Å². The average Bonchev–Trinajstić information content (AvgIpc) is 2.40. The quantitative estimate of drug-likeness (QED) is 0.357. The fraction of sp³-hybridized carbons (Fsp3) is 0. The maximum absolute atomic E-state index is 9.98. The molecule has 0 aliphatic heterocycles. The van der Waals surface area contributed by atoms with Crippen LogP contribution in [0.25, 0.3) is 32.3 Å². The molecule has 0 heterocycles. The zero-order valence-corrected chi connectivity index (χ0v) is 9.64. The zero-order chi connectivity index (χ0) is 12.3. The molecular formula is C16H11NO. The summed E-state index contributed by atoms with van der Waals surface area (Å²) in [5, 5.41) is 16.4. The predicted molar refractivity (Wildman–Crippen MR) is 76.2 cm³/mol. The minimum atomic E-state index is 0.319. The molecule has 0 saturated heterocycles. The van der Waals surface area contributed by atoms with E-state index in [4.69, 9.17) is 5.73 Å². The summed E-state index contributed by atoms with van der Waals surface area (Å²) in [6.07, 6.45) is 0. The van der Waals surface area contributed by atoms with Gasteiger partial charge >= 0.3 is 0 Å². The second kappa shape index (κ2) is 3.05. The molecule has 0 aromatic heterocycles. The molecule has 0 aliphatic rings. The standard InChI is InChI=1S/C16H11NO/c17-13-7-3-9-2-6-12-14(18)8-4-10-1-5-11(13)15(9)16(10)12/h1-8,18H,17H2. The molecule has 2 heteroatoms. The normalized spacial score (nSPS) is 11.8. The lowest BCUT2D eigenvalue weighted by Crippen LogP contribution is -1.89. The van der Waals surface area contributed by atoms with Gasteiger partial charge in [-0.2, -0.15) is 0 Å². The van der Waals surface area contributed by atoms with E-state index in [1.54, 1.807) is 6.07 Å². The summed E-state index contributed by atoms with van der Waals surface area (Å²) in [5.74, 6) is 0.319. The van der Waals surface area contributed by atoms with E-state index in [0.29, 0.717) is 5.75 Å². The van der Waals surface area contributed by atoms with Gasteiger partial charge in [-0.3, -0.25) is 0 Å². The van der Waals surface area contributed by atoms with E-state index in [1.807, 2.05) is 30.3 Å². The summed E-state index contributed by atoms with van der Waals surface area (Å²) in [6.45, 7) is 0. The van der Waals surface area contributed by atoms with Gasteiger partial charge in [0.1, 0.15) is 5.75 Å². The first-order chi connectivity index (χ1) is 8.75. The van der Waals surface area contributed by atoms with Crippen molar-refractivity contribution in [1.82, 2.24) is 0 Å². The maximum atomic E-state index is 9.98. The molecule has 0 atom stereocenters. The molecule has 0 fully saturated rings. The van der Waals surface area contributed by atoms with Crippen molar-refractivity contribution in [2.45, 2.75) is 0 Å². The summed E-state index contributed by atoms with van der Waals surface area (Å²) in [7, 11) is 0. The van der Waals surface area contributed by atoms with Crippen molar-refractivity contribution in [3.8, 4) is 5.75 Å². The third kappa shape index (κ3) is 1.02. The Morgan fingerprint density at radius 2 is 1.22 bits per heavy atom. The van der Waals surface area contributed by atoms with Crippen LogP contribution in [-0.4, -0.2) is 5.11 Å². The molecule has 0 bridgehead atoms. The van der Waals surface area contributed by atoms with Crippen LogP contribution < -0.4 is 5.73 Å². The fourth-order valence-electron chi connectivity index (χ4n) is 2.81. The molecule has 0 unspecified atom stereocenters. The van der Waals surface area contributed by atoms with Crippen LogP contribution in [0.2, 0.25) is 0 Å². The molecule has 0 saturated carbocycles. The Hall–Kier alpha value is -2.48. The van der Waals surface area contributed by atoms with Gasteiger partial charge in [0.05, 0.1) is 0 Å². The monoisotopic (exact) mass is 233 g/mol. The van der Waals surface area contributed by atoms with Gasteiger partial charge in [0.2, 0.25) is 0 Å². The highest BCUT2D eigenvalue weighted by atomic mass is 16.3. The van der Waals surface area contributed by atoms with Gasteiger partial charge in [-0.15, -0.1) is 0 Å². The van der Waals surface area contributed by atoms with Crippen molar-refractivity contribution in [2.24, 2.45) is 0 Å². The third-order valence-corrected chi connectivity index (χ3v) is 3.68. The van der Waals surface area contributed by atoms with Crippen molar-refractivity contribution in [2.75, 3.05) is 5.73 Å². The SMILES string of the molecule is Nc1ccc2ccc3c(O)ccc4ccc1c2c43. The number of anilines is 1. The predicted octanol–water partition coefficient (Wildman–Crippen LogP) is 3.87. The minimum Gasteiger partial charge on any atom is -0.507 e. The molecule has 86 valence electrons. The number of aromatic hydroxyl groups is 1. The molecule has 4 aromatic carbocycles.